The predicted molar refractivity (Wildman–Crippen MR) is 75.0 cm³/mol. The van der Waals surface area contributed by atoms with Crippen molar-refractivity contribution in [3.63, 3.8) is 0 Å². The van der Waals surface area contributed by atoms with E-state index in [4.69, 9.17) is 16.3 Å². The minimum Gasteiger partial charge on any atom is -0.389 e. The molecule has 0 radical (unpaired) electrons. The Balaban J connectivity index is 2.51. The first-order valence-corrected chi connectivity index (χ1v) is 6.60. The average Bonchev–Trinajstić information content (AvgIpc) is 2.34. The highest BCUT2D eigenvalue weighted by Gasteiger charge is 2.20. The van der Waals surface area contributed by atoms with Crippen LogP contribution in [0.3, 0.4) is 0 Å². The molecule has 0 aromatic heterocycles. The predicted octanol–water partition coefficient (Wildman–Crippen LogP) is 2.56. The maximum absolute atomic E-state index is 9.73. The third-order valence-electron chi connectivity index (χ3n) is 2.86. The van der Waals surface area contributed by atoms with Crippen LogP contribution in [0, 0.1) is 0 Å². The smallest absolute Gasteiger partial charge is 0.0897 e. The minimum absolute atomic E-state index is 0.211. The molecule has 0 saturated carbocycles. The number of benzene rings is 1. The number of hydrogen-bond donors (Lipinski definition) is 2. The second kappa shape index (κ2) is 7.10. The average molecular weight is 272 g/mol. The SMILES string of the molecule is CCOC[C@H](O)CNC(C)(C)c1ccc(Cl)cc1. The molecule has 2 N–H and O–H groups in total. The molecule has 0 aliphatic carbocycles. The summed E-state index contributed by atoms with van der Waals surface area (Å²) in [5, 5.41) is 13.8. The molecule has 18 heavy (non-hydrogen) atoms. The Morgan fingerprint density at radius 2 is 1.94 bits per heavy atom. The van der Waals surface area contributed by atoms with E-state index in [9.17, 15) is 5.11 Å². The molecule has 0 saturated heterocycles. The van der Waals surface area contributed by atoms with Crippen LogP contribution in [-0.2, 0) is 10.3 Å². The Morgan fingerprint density at radius 3 is 2.50 bits per heavy atom. The molecule has 0 heterocycles. The second-order valence-electron chi connectivity index (χ2n) is 4.83. The van der Waals surface area contributed by atoms with E-state index in [2.05, 4.69) is 19.2 Å². The molecule has 102 valence electrons. The summed E-state index contributed by atoms with van der Waals surface area (Å²) < 4.78 is 5.17. The van der Waals surface area contributed by atoms with Crippen LogP contribution in [0.4, 0.5) is 0 Å². The topological polar surface area (TPSA) is 41.5 Å². The van der Waals surface area contributed by atoms with Gasteiger partial charge in [-0.15, -0.1) is 0 Å². The number of aliphatic hydroxyl groups is 1. The van der Waals surface area contributed by atoms with Gasteiger partial charge in [0.05, 0.1) is 12.7 Å². The van der Waals surface area contributed by atoms with Crippen molar-refractivity contribution in [2.75, 3.05) is 19.8 Å². The number of nitrogens with one attached hydrogen (secondary N) is 1. The van der Waals surface area contributed by atoms with E-state index in [0.29, 0.717) is 19.8 Å². The Morgan fingerprint density at radius 1 is 1.33 bits per heavy atom. The number of rotatable bonds is 7. The minimum atomic E-state index is -0.489. The fourth-order valence-electron chi connectivity index (χ4n) is 1.65. The van der Waals surface area contributed by atoms with E-state index >= 15 is 0 Å². The summed E-state index contributed by atoms with van der Waals surface area (Å²) in [6, 6.07) is 7.72. The van der Waals surface area contributed by atoms with Gasteiger partial charge in [0.1, 0.15) is 0 Å². The summed E-state index contributed by atoms with van der Waals surface area (Å²) in [7, 11) is 0. The molecule has 1 aromatic rings. The number of hydrogen-bond acceptors (Lipinski definition) is 3. The Kier molecular flexibility index (Phi) is 6.09. The van der Waals surface area contributed by atoms with Crippen LogP contribution in [-0.4, -0.2) is 31.0 Å². The number of aliphatic hydroxyl groups excluding tert-OH is 1. The monoisotopic (exact) mass is 271 g/mol. The van der Waals surface area contributed by atoms with E-state index in [1.807, 2.05) is 31.2 Å². The standard InChI is InChI=1S/C14H22ClNO2/c1-4-18-10-13(17)9-16-14(2,3)11-5-7-12(15)8-6-11/h5-8,13,16-17H,4,9-10H2,1-3H3/t13-/m1/s1. The van der Waals surface area contributed by atoms with Gasteiger partial charge in [-0.1, -0.05) is 23.7 Å². The van der Waals surface area contributed by atoms with E-state index in [0.717, 1.165) is 10.6 Å². The lowest BCUT2D eigenvalue weighted by Crippen LogP contribution is -2.42. The normalized spacial score (nSPS) is 13.6. The van der Waals surface area contributed by atoms with Crippen molar-refractivity contribution in [3.05, 3.63) is 34.9 Å². The van der Waals surface area contributed by atoms with Crippen molar-refractivity contribution >= 4 is 11.6 Å². The summed E-state index contributed by atoms with van der Waals surface area (Å²) in [5.74, 6) is 0. The molecular formula is C14H22ClNO2. The first-order valence-electron chi connectivity index (χ1n) is 6.22. The number of halogens is 1. The molecule has 3 nitrogen and oxygen atoms in total. The van der Waals surface area contributed by atoms with Crippen LogP contribution in [0.2, 0.25) is 5.02 Å². The zero-order valence-corrected chi connectivity index (χ0v) is 12.0. The zero-order valence-electron chi connectivity index (χ0n) is 11.2. The van der Waals surface area contributed by atoms with Crippen LogP contribution >= 0.6 is 11.6 Å². The van der Waals surface area contributed by atoms with Crippen molar-refractivity contribution in [1.82, 2.24) is 5.32 Å². The van der Waals surface area contributed by atoms with Gasteiger partial charge in [-0.3, -0.25) is 0 Å². The van der Waals surface area contributed by atoms with Gasteiger partial charge in [0.2, 0.25) is 0 Å². The van der Waals surface area contributed by atoms with Crippen molar-refractivity contribution in [2.45, 2.75) is 32.4 Å². The van der Waals surface area contributed by atoms with Crippen molar-refractivity contribution in [1.29, 1.82) is 0 Å². The van der Waals surface area contributed by atoms with Gasteiger partial charge < -0.3 is 15.2 Å². The molecule has 0 unspecified atom stereocenters. The molecule has 1 atom stereocenters. The zero-order chi connectivity index (χ0) is 13.6. The second-order valence-corrected chi connectivity index (χ2v) is 5.26. The van der Waals surface area contributed by atoms with Gasteiger partial charge in [-0.05, 0) is 38.5 Å². The van der Waals surface area contributed by atoms with Crippen LogP contribution in [0.15, 0.2) is 24.3 Å². The highest BCUT2D eigenvalue weighted by molar-refractivity contribution is 6.30. The van der Waals surface area contributed by atoms with Crippen molar-refractivity contribution < 1.29 is 9.84 Å². The molecular weight excluding hydrogens is 250 g/mol. The first kappa shape index (κ1) is 15.4. The van der Waals surface area contributed by atoms with E-state index < -0.39 is 6.10 Å². The van der Waals surface area contributed by atoms with E-state index in [-0.39, 0.29) is 5.54 Å². The summed E-state index contributed by atoms with van der Waals surface area (Å²) in [4.78, 5) is 0. The quantitative estimate of drug-likeness (QED) is 0.801. The van der Waals surface area contributed by atoms with Gasteiger partial charge in [0, 0.05) is 23.7 Å². The van der Waals surface area contributed by atoms with E-state index in [1.54, 1.807) is 0 Å². The van der Waals surface area contributed by atoms with Gasteiger partial charge in [0.15, 0.2) is 0 Å². The summed E-state index contributed by atoms with van der Waals surface area (Å²) in [5.41, 5.74) is 0.924. The third-order valence-corrected chi connectivity index (χ3v) is 3.11. The molecule has 0 aliphatic heterocycles. The molecule has 0 aliphatic rings. The van der Waals surface area contributed by atoms with Crippen LogP contribution in [0.25, 0.3) is 0 Å². The third kappa shape index (κ3) is 4.94. The van der Waals surface area contributed by atoms with Gasteiger partial charge in [-0.25, -0.2) is 0 Å². The number of ether oxygens (including phenoxy) is 1. The molecule has 1 aromatic carbocycles. The fraction of sp³-hybridized carbons (Fsp3) is 0.571. The van der Waals surface area contributed by atoms with Crippen molar-refractivity contribution in [3.8, 4) is 0 Å². The lowest BCUT2D eigenvalue weighted by atomic mass is 9.94. The summed E-state index contributed by atoms with van der Waals surface area (Å²) >= 11 is 5.87. The highest BCUT2D eigenvalue weighted by Crippen LogP contribution is 2.21. The largest absolute Gasteiger partial charge is 0.389 e. The van der Waals surface area contributed by atoms with Crippen LogP contribution in [0.1, 0.15) is 26.3 Å². The fourth-order valence-corrected chi connectivity index (χ4v) is 1.78. The van der Waals surface area contributed by atoms with Crippen LogP contribution < -0.4 is 5.32 Å². The Labute approximate surface area is 114 Å². The van der Waals surface area contributed by atoms with Gasteiger partial charge >= 0.3 is 0 Å². The first-order chi connectivity index (χ1) is 8.45. The lowest BCUT2D eigenvalue weighted by molar-refractivity contribution is 0.0390. The van der Waals surface area contributed by atoms with Gasteiger partial charge in [-0.2, -0.15) is 0 Å². The molecule has 0 amide bonds. The molecule has 0 fully saturated rings. The maximum Gasteiger partial charge on any atom is 0.0897 e. The Bertz CT molecular complexity index is 351. The molecule has 4 heteroatoms. The lowest BCUT2D eigenvalue weighted by Gasteiger charge is -2.28. The Hall–Kier alpha value is -0.610. The van der Waals surface area contributed by atoms with Crippen LogP contribution in [0.5, 0.6) is 0 Å². The highest BCUT2D eigenvalue weighted by atomic mass is 35.5. The maximum atomic E-state index is 9.73. The van der Waals surface area contributed by atoms with E-state index in [1.165, 1.54) is 0 Å². The van der Waals surface area contributed by atoms with Crippen molar-refractivity contribution in [2.24, 2.45) is 0 Å². The molecule has 0 spiro atoms. The van der Waals surface area contributed by atoms with Gasteiger partial charge in [0.25, 0.3) is 0 Å². The summed E-state index contributed by atoms with van der Waals surface area (Å²) in [6.07, 6.45) is -0.489. The molecule has 1 rings (SSSR count). The molecule has 0 bridgehead atoms. The summed E-state index contributed by atoms with van der Waals surface area (Å²) in [6.45, 7) is 7.54.